The molecule has 1 saturated carbocycles. The van der Waals surface area contributed by atoms with Crippen LogP contribution in [0.1, 0.15) is 42.0 Å². The first-order valence-electron chi connectivity index (χ1n) is 11.2. The van der Waals surface area contributed by atoms with Crippen LogP contribution in [0.15, 0.2) is 34.2 Å². The second-order valence-electron chi connectivity index (χ2n) is 9.21. The SMILES string of the molecule is Cc1ncoc1-c1nnc(SCCCN2CCC3(CC3c3ccc(F)cc3C(F)(F)F)C2)n1C. The van der Waals surface area contributed by atoms with E-state index < -0.39 is 17.6 Å². The molecular weight excluding hydrogens is 470 g/mol. The minimum atomic E-state index is -4.54. The standard InChI is InChI=1S/C23H25F4N5OS/c1-14-19(33-13-28-14)20-29-30-21(31(20)2)34-9-3-7-32-8-6-22(12-32)11-18(22)16-5-4-15(24)10-17(16)23(25,26)27/h4-5,10,13,18H,3,6-9,11-12H2,1-2H3. The van der Waals surface area contributed by atoms with Crippen molar-refractivity contribution in [3.8, 4) is 11.6 Å². The van der Waals surface area contributed by atoms with E-state index in [-0.39, 0.29) is 16.9 Å². The van der Waals surface area contributed by atoms with Crippen LogP contribution >= 0.6 is 11.8 Å². The summed E-state index contributed by atoms with van der Waals surface area (Å²) in [4.78, 5) is 6.42. The predicted molar refractivity (Wildman–Crippen MR) is 119 cm³/mol. The number of aryl methyl sites for hydroxylation is 1. The molecule has 1 aliphatic carbocycles. The van der Waals surface area contributed by atoms with Crippen LogP contribution in [0.25, 0.3) is 11.6 Å². The number of aromatic nitrogens is 4. The summed E-state index contributed by atoms with van der Waals surface area (Å²) >= 11 is 1.61. The van der Waals surface area contributed by atoms with Gasteiger partial charge in [-0.25, -0.2) is 9.37 Å². The molecule has 1 spiro atoms. The molecule has 11 heteroatoms. The van der Waals surface area contributed by atoms with E-state index in [9.17, 15) is 17.6 Å². The summed E-state index contributed by atoms with van der Waals surface area (Å²) in [6.07, 6.45) is -0.611. The normalized spacial score (nSPS) is 22.7. The zero-order valence-electron chi connectivity index (χ0n) is 18.9. The van der Waals surface area contributed by atoms with Crippen molar-refractivity contribution in [1.82, 2.24) is 24.6 Å². The molecule has 2 fully saturated rings. The molecule has 1 aromatic carbocycles. The number of alkyl halides is 3. The summed E-state index contributed by atoms with van der Waals surface area (Å²) in [5.41, 5.74) is 0.0638. The maximum Gasteiger partial charge on any atom is 0.416 e. The highest BCUT2D eigenvalue weighted by atomic mass is 32.2. The van der Waals surface area contributed by atoms with E-state index in [1.165, 1.54) is 12.5 Å². The fourth-order valence-electron chi connectivity index (χ4n) is 5.10. The molecule has 2 aromatic heterocycles. The van der Waals surface area contributed by atoms with E-state index >= 15 is 0 Å². The van der Waals surface area contributed by atoms with Crippen LogP contribution in [-0.4, -0.2) is 50.0 Å². The van der Waals surface area contributed by atoms with Crippen LogP contribution in [0, 0.1) is 18.2 Å². The Balaban J connectivity index is 1.14. The first kappa shape index (κ1) is 23.3. The molecule has 3 aromatic rings. The molecule has 182 valence electrons. The Labute approximate surface area is 198 Å². The second-order valence-corrected chi connectivity index (χ2v) is 10.3. The monoisotopic (exact) mass is 495 g/mol. The number of likely N-dealkylation sites (tertiary alicyclic amines) is 1. The van der Waals surface area contributed by atoms with Gasteiger partial charge in [0.2, 0.25) is 5.82 Å². The van der Waals surface area contributed by atoms with Crippen molar-refractivity contribution in [2.24, 2.45) is 12.5 Å². The summed E-state index contributed by atoms with van der Waals surface area (Å²) in [6, 6.07) is 3.10. The third-order valence-corrected chi connectivity index (χ3v) is 8.09. The van der Waals surface area contributed by atoms with Gasteiger partial charge in [0.25, 0.3) is 0 Å². The molecule has 3 heterocycles. The third kappa shape index (κ3) is 4.35. The molecule has 0 bridgehead atoms. The average Bonchev–Trinajstić information content (AvgIpc) is 3.07. The van der Waals surface area contributed by atoms with Crippen molar-refractivity contribution in [3.05, 3.63) is 47.2 Å². The minimum Gasteiger partial charge on any atom is -0.440 e. The molecule has 1 aliphatic heterocycles. The third-order valence-electron chi connectivity index (χ3n) is 6.98. The highest BCUT2D eigenvalue weighted by Gasteiger charge is 2.59. The Bertz CT molecular complexity index is 1190. The highest BCUT2D eigenvalue weighted by molar-refractivity contribution is 7.99. The van der Waals surface area contributed by atoms with Gasteiger partial charge in [0, 0.05) is 19.3 Å². The van der Waals surface area contributed by atoms with Crippen LogP contribution in [0.2, 0.25) is 0 Å². The van der Waals surface area contributed by atoms with E-state index in [2.05, 4.69) is 20.1 Å². The minimum absolute atomic E-state index is 0.113. The van der Waals surface area contributed by atoms with Gasteiger partial charge < -0.3 is 13.9 Å². The molecule has 1 saturated heterocycles. The van der Waals surface area contributed by atoms with Crippen LogP contribution in [0.4, 0.5) is 17.6 Å². The molecule has 0 radical (unpaired) electrons. The molecule has 0 amide bonds. The Morgan fingerprint density at radius 1 is 1.26 bits per heavy atom. The molecule has 2 aliphatic rings. The predicted octanol–water partition coefficient (Wildman–Crippen LogP) is 5.30. The summed E-state index contributed by atoms with van der Waals surface area (Å²) < 4.78 is 61.1. The Kier molecular flexibility index (Phi) is 5.96. The number of thioether (sulfide) groups is 1. The Hall–Kier alpha value is -2.40. The zero-order chi connectivity index (χ0) is 24.1. The largest absolute Gasteiger partial charge is 0.440 e. The number of nitrogens with zero attached hydrogens (tertiary/aromatic N) is 5. The van der Waals surface area contributed by atoms with Gasteiger partial charge in [0.1, 0.15) is 5.82 Å². The smallest absolute Gasteiger partial charge is 0.416 e. The first-order chi connectivity index (χ1) is 16.2. The van der Waals surface area contributed by atoms with E-state index in [4.69, 9.17) is 4.42 Å². The molecule has 0 N–H and O–H groups in total. The van der Waals surface area contributed by atoms with Crippen LogP contribution in [0.5, 0.6) is 0 Å². The maximum atomic E-state index is 13.5. The van der Waals surface area contributed by atoms with Gasteiger partial charge >= 0.3 is 6.18 Å². The first-order valence-corrected chi connectivity index (χ1v) is 12.2. The summed E-state index contributed by atoms with van der Waals surface area (Å²) in [7, 11) is 1.89. The second kappa shape index (κ2) is 8.67. The maximum absolute atomic E-state index is 13.5. The number of rotatable bonds is 7. The van der Waals surface area contributed by atoms with Crippen molar-refractivity contribution >= 4 is 11.8 Å². The van der Waals surface area contributed by atoms with Crippen LogP contribution in [-0.2, 0) is 13.2 Å². The number of halogens is 4. The van der Waals surface area contributed by atoms with Gasteiger partial charge in [0.15, 0.2) is 17.3 Å². The lowest BCUT2D eigenvalue weighted by Crippen LogP contribution is -2.23. The number of hydrogen-bond acceptors (Lipinski definition) is 6. The fourth-order valence-corrected chi connectivity index (χ4v) is 5.93. The van der Waals surface area contributed by atoms with Gasteiger partial charge in [-0.15, -0.1) is 10.2 Å². The quantitative estimate of drug-likeness (QED) is 0.252. The lowest BCUT2D eigenvalue weighted by Gasteiger charge is -2.17. The van der Waals surface area contributed by atoms with Crippen molar-refractivity contribution in [2.75, 3.05) is 25.4 Å². The van der Waals surface area contributed by atoms with Crippen molar-refractivity contribution in [2.45, 2.75) is 43.4 Å². The van der Waals surface area contributed by atoms with Gasteiger partial charge in [-0.2, -0.15) is 13.2 Å². The van der Waals surface area contributed by atoms with Gasteiger partial charge in [-0.3, -0.25) is 0 Å². The van der Waals surface area contributed by atoms with E-state index in [0.717, 1.165) is 61.6 Å². The van der Waals surface area contributed by atoms with E-state index in [1.807, 2.05) is 18.5 Å². The van der Waals surface area contributed by atoms with Gasteiger partial charge in [0.05, 0.1) is 11.3 Å². The number of oxazole rings is 1. The van der Waals surface area contributed by atoms with Gasteiger partial charge in [-0.05, 0) is 68.3 Å². The molecule has 34 heavy (non-hydrogen) atoms. The van der Waals surface area contributed by atoms with Crippen LogP contribution < -0.4 is 0 Å². The zero-order valence-corrected chi connectivity index (χ0v) is 19.7. The van der Waals surface area contributed by atoms with E-state index in [1.54, 1.807) is 11.8 Å². The summed E-state index contributed by atoms with van der Waals surface area (Å²) in [6.45, 7) is 4.40. The molecular formula is C23H25F4N5OS. The average molecular weight is 496 g/mol. The lowest BCUT2D eigenvalue weighted by molar-refractivity contribution is -0.138. The lowest BCUT2D eigenvalue weighted by atomic mass is 9.94. The Morgan fingerprint density at radius 3 is 2.82 bits per heavy atom. The fraction of sp³-hybridized carbons (Fsp3) is 0.522. The van der Waals surface area contributed by atoms with Crippen molar-refractivity contribution in [3.63, 3.8) is 0 Å². The highest BCUT2D eigenvalue weighted by Crippen LogP contribution is 2.65. The van der Waals surface area contributed by atoms with Crippen LogP contribution in [0.3, 0.4) is 0 Å². The number of benzene rings is 1. The summed E-state index contributed by atoms with van der Waals surface area (Å²) in [5.74, 6) is 1.10. The van der Waals surface area contributed by atoms with Crippen molar-refractivity contribution in [1.29, 1.82) is 0 Å². The number of hydrogen-bond donors (Lipinski definition) is 0. The molecule has 5 rings (SSSR count). The molecule has 2 unspecified atom stereocenters. The molecule has 6 nitrogen and oxygen atoms in total. The molecule has 2 atom stereocenters. The Morgan fingerprint density at radius 2 is 2.09 bits per heavy atom. The summed E-state index contributed by atoms with van der Waals surface area (Å²) in [5, 5.41) is 9.26. The van der Waals surface area contributed by atoms with Gasteiger partial charge in [-0.1, -0.05) is 17.8 Å². The topological polar surface area (TPSA) is 60.0 Å². The van der Waals surface area contributed by atoms with Crippen molar-refractivity contribution < 1.29 is 22.0 Å². The van der Waals surface area contributed by atoms with E-state index in [0.29, 0.717) is 17.7 Å².